The van der Waals surface area contributed by atoms with Gasteiger partial charge < -0.3 is 25.3 Å². The first kappa shape index (κ1) is 16.8. The molecule has 3 rings (SSSR count). The van der Waals surface area contributed by atoms with Gasteiger partial charge in [0.1, 0.15) is 30.1 Å². The van der Waals surface area contributed by atoms with Crippen LogP contribution in [0.1, 0.15) is 26.5 Å². The van der Waals surface area contributed by atoms with Gasteiger partial charge in [-0.15, -0.1) is 0 Å². The van der Waals surface area contributed by atoms with Crippen molar-refractivity contribution in [1.82, 2.24) is 19.5 Å². The molecule has 0 bridgehead atoms. The smallest absolute Gasteiger partial charge is 0.308 e. The molecule has 9 nitrogen and oxygen atoms in total. The molecule has 3 heterocycles. The summed E-state index contributed by atoms with van der Waals surface area (Å²) < 4.78 is 13.0. The molecule has 24 heavy (non-hydrogen) atoms. The second-order valence-corrected chi connectivity index (χ2v) is 6.38. The van der Waals surface area contributed by atoms with Crippen molar-refractivity contribution >= 4 is 35.3 Å². The van der Waals surface area contributed by atoms with Gasteiger partial charge in [-0.2, -0.15) is 0 Å². The predicted molar refractivity (Wildman–Crippen MR) is 87.5 cm³/mol. The quantitative estimate of drug-likeness (QED) is 0.547. The minimum absolute atomic E-state index is 0.000997. The Morgan fingerprint density at radius 2 is 2.42 bits per heavy atom. The molecule has 1 fully saturated rings. The van der Waals surface area contributed by atoms with Crippen molar-refractivity contribution in [3.63, 3.8) is 0 Å². The predicted octanol–water partition coefficient (Wildman–Crippen LogP) is 0.919. The number of hydrogen-bond acceptors (Lipinski definition) is 8. The number of aliphatic hydroxyl groups is 1. The van der Waals surface area contributed by atoms with E-state index in [1.54, 1.807) is 24.7 Å². The number of nitrogens with one attached hydrogen (secondary N) is 1. The highest BCUT2D eigenvalue weighted by Gasteiger charge is 2.36. The Kier molecular flexibility index (Phi) is 4.52. The number of hydrogen-bond donors (Lipinski definition) is 3. The molecular weight excluding hydrogens is 334 g/mol. The summed E-state index contributed by atoms with van der Waals surface area (Å²) >= 11 is 5.14. The van der Waals surface area contributed by atoms with Crippen molar-refractivity contribution < 1.29 is 19.4 Å². The van der Waals surface area contributed by atoms with Gasteiger partial charge in [0.2, 0.25) is 0 Å². The molecule has 1 aliphatic heterocycles. The summed E-state index contributed by atoms with van der Waals surface area (Å²) in [5, 5.41) is 10.2. The summed E-state index contributed by atoms with van der Waals surface area (Å²) in [5.41, 5.74) is 6.77. The molecule has 130 valence electrons. The Balaban J connectivity index is 1.77. The van der Waals surface area contributed by atoms with Crippen LogP contribution in [0.15, 0.2) is 6.33 Å². The van der Waals surface area contributed by atoms with Crippen LogP contribution in [0.25, 0.3) is 11.2 Å². The molecule has 0 aliphatic carbocycles. The Morgan fingerprint density at radius 1 is 1.67 bits per heavy atom. The van der Waals surface area contributed by atoms with Crippen molar-refractivity contribution in [3.05, 3.63) is 11.0 Å². The number of esters is 1. The third kappa shape index (κ3) is 3.12. The number of nitrogens with two attached hydrogens (primary N) is 1. The van der Waals surface area contributed by atoms with E-state index in [1.165, 1.54) is 0 Å². The second-order valence-electron chi connectivity index (χ2n) is 5.99. The fraction of sp³-hybridized carbons (Fsp3) is 0.571. The van der Waals surface area contributed by atoms with Crippen LogP contribution in [0.4, 0.5) is 5.95 Å². The summed E-state index contributed by atoms with van der Waals surface area (Å²) in [6.07, 6.45) is 0.0583. The fourth-order valence-electron chi connectivity index (χ4n) is 2.54. The largest absolute Gasteiger partial charge is 0.463 e. The number of fused-ring (bicyclic) bond motifs is 1. The van der Waals surface area contributed by atoms with Crippen LogP contribution < -0.4 is 5.73 Å². The molecule has 2 aromatic rings. The van der Waals surface area contributed by atoms with Crippen LogP contribution in [0, 0.1) is 10.6 Å². The number of H-pyrrole nitrogens is 1. The van der Waals surface area contributed by atoms with E-state index in [1.807, 2.05) is 0 Å². The highest BCUT2D eigenvalue weighted by Crippen LogP contribution is 2.31. The maximum absolute atomic E-state index is 11.6. The summed E-state index contributed by atoms with van der Waals surface area (Å²) in [6, 6.07) is 0. The van der Waals surface area contributed by atoms with E-state index in [9.17, 15) is 9.90 Å². The molecule has 10 heteroatoms. The molecule has 0 radical (unpaired) electrons. The molecule has 0 saturated carbocycles. The van der Waals surface area contributed by atoms with E-state index in [0.29, 0.717) is 22.2 Å². The van der Waals surface area contributed by atoms with E-state index >= 15 is 0 Å². The van der Waals surface area contributed by atoms with E-state index in [4.69, 9.17) is 27.4 Å². The van der Waals surface area contributed by atoms with Gasteiger partial charge in [0.25, 0.3) is 0 Å². The van der Waals surface area contributed by atoms with Crippen molar-refractivity contribution in [1.29, 1.82) is 0 Å². The zero-order chi connectivity index (χ0) is 17.4. The number of anilines is 1. The molecule has 0 amide bonds. The van der Waals surface area contributed by atoms with Crippen LogP contribution in [0.3, 0.4) is 0 Å². The van der Waals surface area contributed by atoms with Gasteiger partial charge in [0.15, 0.2) is 10.6 Å². The van der Waals surface area contributed by atoms with Gasteiger partial charge in [0.05, 0.1) is 18.3 Å². The molecule has 2 aromatic heterocycles. The lowest BCUT2D eigenvalue weighted by molar-refractivity contribution is -0.153. The van der Waals surface area contributed by atoms with Crippen LogP contribution in [-0.2, 0) is 14.3 Å². The zero-order valence-electron chi connectivity index (χ0n) is 13.3. The molecule has 0 unspecified atom stereocenters. The van der Waals surface area contributed by atoms with E-state index < -0.39 is 18.4 Å². The second kappa shape index (κ2) is 6.46. The molecule has 3 atom stereocenters. The Labute approximate surface area is 142 Å². The van der Waals surface area contributed by atoms with E-state index in [2.05, 4.69) is 15.0 Å². The maximum atomic E-state index is 11.6. The van der Waals surface area contributed by atoms with Gasteiger partial charge in [-0.1, -0.05) is 26.1 Å². The van der Waals surface area contributed by atoms with Gasteiger partial charge in [-0.05, 0) is 0 Å². The van der Waals surface area contributed by atoms with Crippen LogP contribution in [0.5, 0.6) is 0 Å². The van der Waals surface area contributed by atoms with Crippen molar-refractivity contribution in [2.24, 2.45) is 5.92 Å². The summed E-state index contributed by atoms with van der Waals surface area (Å²) in [4.78, 5) is 22.6. The van der Waals surface area contributed by atoms with Crippen molar-refractivity contribution in [2.75, 3.05) is 12.3 Å². The first-order chi connectivity index (χ1) is 11.4. The third-order valence-corrected chi connectivity index (χ3v) is 4.13. The number of nitrogens with zero attached hydrogens (tertiary/aromatic N) is 3. The Hall–Kier alpha value is -2.04. The van der Waals surface area contributed by atoms with Gasteiger partial charge in [-0.25, -0.2) is 9.97 Å². The van der Waals surface area contributed by atoms with Gasteiger partial charge in [0, 0.05) is 6.42 Å². The number of carbonyl (C=O) groups is 1. The van der Waals surface area contributed by atoms with Crippen molar-refractivity contribution in [3.8, 4) is 0 Å². The normalized spacial score (nSPS) is 23.9. The molecule has 1 aliphatic rings. The highest BCUT2D eigenvalue weighted by atomic mass is 32.1. The first-order valence-electron chi connectivity index (χ1n) is 7.59. The van der Waals surface area contributed by atoms with E-state index in [-0.39, 0.29) is 24.4 Å². The maximum Gasteiger partial charge on any atom is 0.308 e. The number of imidazole rings is 1. The Morgan fingerprint density at radius 3 is 3.12 bits per heavy atom. The van der Waals surface area contributed by atoms with Gasteiger partial charge in [-0.3, -0.25) is 9.36 Å². The fourth-order valence-corrected chi connectivity index (χ4v) is 2.79. The number of nitrogen functional groups attached to an aromatic ring is 1. The molecule has 0 aromatic carbocycles. The lowest BCUT2D eigenvalue weighted by atomic mass is 10.2. The first-order valence-corrected chi connectivity index (χ1v) is 8.00. The number of carbonyl (C=O) groups excluding carboxylic acids is 1. The minimum Gasteiger partial charge on any atom is -0.463 e. The van der Waals surface area contributed by atoms with Gasteiger partial charge >= 0.3 is 5.97 Å². The lowest BCUT2D eigenvalue weighted by Gasteiger charge is -2.16. The lowest BCUT2D eigenvalue weighted by Crippen LogP contribution is -2.29. The summed E-state index contributed by atoms with van der Waals surface area (Å²) in [5.74, 6) is -0.382. The zero-order valence-corrected chi connectivity index (χ0v) is 14.1. The average Bonchev–Trinajstić information content (AvgIpc) is 3.08. The van der Waals surface area contributed by atoms with E-state index in [0.717, 1.165) is 0 Å². The third-order valence-electron chi connectivity index (χ3n) is 3.84. The van der Waals surface area contributed by atoms with Crippen LogP contribution >= 0.6 is 12.2 Å². The topological polar surface area (TPSA) is 128 Å². The molecule has 1 saturated heterocycles. The number of ether oxygens (including phenoxy) is 2. The number of aromatic amines is 1. The number of aliphatic hydroxyl groups excluding tert-OH is 1. The molecule has 4 N–H and O–H groups in total. The van der Waals surface area contributed by atoms with Crippen molar-refractivity contribution in [2.45, 2.75) is 38.7 Å². The highest BCUT2D eigenvalue weighted by molar-refractivity contribution is 7.71. The molecule has 0 spiro atoms. The minimum atomic E-state index is -0.755. The average molecular weight is 353 g/mol. The van der Waals surface area contributed by atoms with Crippen LogP contribution in [0.2, 0.25) is 0 Å². The van der Waals surface area contributed by atoms with Crippen LogP contribution in [-0.4, -0.2) is 49.4 Å². The monoisotopic (exact) mass is 353 g/mol. The standard InChI is InChI=1S/C14H19N5O4S/c1-6(2)13(21)22-4-8-7(20)3-9(23-8)19-5-16-10-11(19)17-14(15)18-12(10)24/h5-9,20H,3-4H2,1-2H3,(H3,15,17,18,24)/t7-,8+,9+/m0/s1. The number of aromatic nitrogens is 4. The number of rotatable bonds is 4. The summed E-state index contributed by atoms with van der Waals surface area (Å²) in [6.45, 7) is 3.49. The summed E-state index contributed by atoms with van der Waals surface area (Å²) in [7, 11) is 0. The molecular formula is C14H19N5O4S. The SMILES string of the molecule is CC(C)C(=O)OC[C@H]1O[C@@H](n2cnc3c(=S)nc(N)[nH]c32)C[C@@H]1O. The Bertz CT molecular complexity index is 817.